The van der Waals surface area contributed by atoms with Crippen LogP contribution in [0.3, 0.4) is 0 Å². The van der Waals surface area contributed by atoms with E-state index in [0.717, 1.165) is 16.8 Å². The van der Waals surface area contributed by atoms with E-state index in [1.165, 1.54) is 0 Å². The summed E-state index contributed by atoms with van der Waals surface area (Å²) in [5, 5.41) is 3.05. The lowest BCUT2D eigenvalue weighted by Gasteiger charge is -2.18. The van der Waals surface area contributed by atoms with Gasteiger partial charge in [0.25, 0.3) is 10.1 Å². The van der Waals surface area contributed by atoms with E-state index < -0.39 is 10.1 Å². The Labute approximate surface area is 96.4 Å². The molecular weight excluding hydrogens is 226 g/mol. The van der Waals surface area contributed by atoms with Crippen molar-refractivity contribution in [2.75, 3.05) is 12.4 Å². The highest BCUT2D eigenvalue weighted by Gasteiger charge is 2.22. The molecular formula is C11H17NO3S. The summed E-state index contributed by atoms with van der Waals surface area (Å²) < 4.78 is 31.8. The fourth-order valence-corrected chi connectivity index (χ4v) is 3.12. The number of hydrogen-bond donors (Lipinski definition) is 2. The lowest BCUT2D eigenvalue weighted by Crippen LogP contribution is -2.09. The highest BCUT2D eigenvalue weighted by Crippen LogP contribution is 2.32. The number of rotatable bonds is 2. The maximum atomic E-state index is 11.3. The summed E-state index contributed by atoms with van der Waals surface area (Å²) in [7, 11) is -2.37. The first-order chi connectivity index (χ1) is 7.21. The molecule has 0 aliphatic rings. The first kappa shape index (κ1) is 13.0. The third-order valence-corrected chi connectivity index (χ3v) is 4.19. The van der Waals surface area contributed by atoms with Gasteiger partial charge in [0.2, 0.25) is 0 Å². The molecule has 16 heavy (non-hydrogen) atoms. The molecule has 90 valence electrons. The molecule has 2 N–H and O–H groups in total. The second-order valence-electron chi connectivity index (χ2n) is 3.93. The molecule has 0 aromatic heterocycles. The minimum absolute atomic E-state index is 0.0292. The third-order valence-electron chi connectivity index (χ3n) is 3.06. The highest BCUT2D eigenvalue weighted by molar-refractivity contribution is 7.86. The molecule has 1 rings (SSSR count). The van der Waals surface area contributed by atoms with Gasteiger partial charge in [0, 0.05) is 12.7 Å². The number of nitrogens with one attached hydrogen (secondary N) is 1. The average Bonchev–Trinajstić information content (AvgIpc) is 2.14. The Hall–Kier alpha value is -1.07. The molecule has 0 fully saturated rings. The van der Waals surface area contributed by atoms with Crippen LogP contribution < -0.4 is 5.32 Å². The van der Waals surface area contributed by atoms with Crippen molar-refractivity contribution in [1.82, 2.24) is 0 Å². The van der Waals surface area contributed by atoms with Crippen molar-refractivity contribution < 1.29 is 13.0 Å². The molecule has 0 saturated carbocycles. The third kappa shape index (κ3) is 1.92. The van der Waals surface area contributed by atoms with Crippen LogP contribution in [0.25, 0.3) is 0 Å². The summed E-state index contributed by atoms with van der Waals surface area (Å²) in [6, 6.07) is 0. The second kappa shape index (κ2) is 4.07. The van der Waals surface area contributed by atoms with Crippen LogP contribution in [-0.4, -0.2) is 20.0 Å². The van der Waals surface area contributed by atoms with Gasteiger partial charge < -0.3 is 5.32 Å². The van der Waals surface area contributed by atoms with Gasteiger partial charge in [-0.3, -0.25) is 4.55 Å². The Balaban J connectivity index is 3.82. The summed E-state index contributed by atoms with van der Waals surface area (Å²) in [5.41, 5.74) is 3.80. The minimum Gasteiger partial charge on any atom is -0.388 e. The molecule has 0 spiro atoms. The molecule has 0 bridgehead atoms. The SMILES string of the molecule is CNc1c(C)c(C)c(S(=O)(=O)O)c(C)c1C. The van der Waals surface area contributed by atoms with Gasteiger partial charge in [0.1, 0.15) is 4.90 Å². The van der Waals surface area contributed by atoms with E-state index in [-0.39, 0.29) is 4.90 Å². The van der Waals surface area contributed by atoms with Crippen LogP contribution in [0.2, 0.25) is 0 Å². The second-order valence-corrected chi connectivity index (χ2v) is 5.29. The van der Waals surface area contributed by atoms with Gasteiger partial charge in [-0.1, -0.05) is 0 Å². The Morgan fingerprint density at radius 1 is 0.938 bits per heavy atom. The van der Waals surface area contributed by atoms with Gasteiger partial charge >= 0.3 is 0 Å². The summed E-state index contributed by atoms with van der Waals surface area (Å²) in [6.07, 6.45) is 0. The van der Waals surface area contributed by atoms with E-state index in [2.05, 4.69) is 5.32 Å². The molecule has 0 heterocycles. The van der Waals surface area contributed by atoms with Crippen molar-refractivity contribution in [2.45, 2.75) is 32.6 Å². The van der Waals surface area contributed by atoms with E-state index in [1.54, 1.807) is 20.9 Å². The van der Waals surface area contributed by atoms with Crippen molar-refractivity contribution in [1.29, 1.82) is 0 Å². The minimum atomic E-state index is -4.16. The molecule has 4 nitrogen and oxygen atoms in total. The van der Waals surface area contributed by atoms with Gasteiger partial charge in [-0.15, -0.1) is 0 Å². The van der Waals surface area contributed by atoms with Crippen LogP contribution in [0, 0.1) is 27.7 Å². The van der Waals surface area contributed by atoms with Crippen molar-refractivity contribution in [2.24, 2.45) is 0 Å². The average molecular weight is 243 g/mol. The Bertz CT molecular complexity index is 504. The van der Waals surface area contributed by atoms with Gasteiger partial charge in [-0.25, -0.2) is 0 Å². The monoisotopic (exact) mass is 243 g/mol. The van der Waals surface area contributed by atoms with E-state index in [0.29, 0.717) is 11.1 Å². The van der Waals surface area contributed by atoms with Gasteiger partial charge in [-0.2, -0.15) is 8.42 Å². The fourth-order valence-electron chi connectivity index (χ4n) is 2.04. The molecule has 0 saturated heterocycles. The van der Waals surface area contributed by atoms with Crippen molar-refractivity contribution in [3.05, 3.63) is 22.3 Å². The van der Waals surface area contributed by atoms with Crippen LogP contribution in [0.5, 0.6) is 0 Å². The molecule has 1 aromatic rings. The normalized spacial score (nSPS) is 11.6. The predicted molar refractivity (Wildman–Crippen MR) is 64.8 cm³/mol. The molecule has 0 aliphatic heterocycles. The van der Waals surface area contributed by atoms with Gasteiger partial charge in [0.15, 0.2) is 0 Å². The van der Waals surface area contributed by atoms with Gasteiger partial charge in [-0.05, 0) is 49.9 Å². The first-order valence-corrected chi connectivity index (χ1v) is 6.41. The van der Waals surface area contributed by atoms with Crippen LogP contribution in [0.1, 0.15) is 22.3 Å². The molecule has 0 aliphatic carbocycles. The maximum absolute atomic E-state index is 11.3. The highest BCUT2D eigenvalue weighted by atomic mass is 32.2. The summed E-state index contributed by atoms with van der Waals surface area (Å²) >= 11 is 0. The van der Waals surface area contributed by atoms with Crippen molar-refractivity contribution >= 4 is 15.8 Å². The number of hydrogen-bond acceptors (Lipinski definition) is 3. The number of anilines is 1. The quantitative estimate of drug-likeness (QED) is 0.781. The van der Waals surface area contributed by atoms with E-state index >= 15 is 0 Å². The fraction of sp³-hybridized carbons (Fsp3) is 0.455. The molecule has 0 radical (unpaired) electrons. The van der Waals surface area contributed by atoms with Crippen molar-refractivity contribution in [3.8, 4) is 0 Å². The topological polar surface area (TPSA) is 66.4 Å². The van der Waals surface area contributed by atoms with Gasteiger partial charge in [0.05, 0.1) is 0 Å². The van der Waals surface area contributed by atoms with Crippen LogP contribution in [0.4, 0.5) is 5.69 Å². The Kier molecular flexibility index (Phi) is 3.30. The van der Waals surface area contributed by atoms with E-state index in [1.807, 2.05) is 13.8 Å². The molecule has 5 heteroatoms. The number of benzene rings is 1. The molecule has 0 unspecified atom stereocenters. The van der Waals surface area contributed by atoms with E-state index in [9.17, 15) is 13.0 Å². The Morgan fingerprint density at radius 2 is 1.31 bits per heavy atom. The molecule has 0 amide bonds. The van der Waals surface area contributed by atoms with E-state index in [4.69, 9.17) is 0 Å². The Morgan fingerprint density at radius 3 is 1.56 bits per heavy atom. The summed E-state index contributed by atoms with van der Waals surface area (Å²) in [5.74, 6) is 0. The molecule has 1 aromatic carbocycles. The lowest BCUT2D eigenvalue weighted by atomic mass is 9.98. The smallest absolute Gasteiger partial charge is 0.295 e. The zero-order valence-corrected chi connectivity index (χ0v) is 11.0. The standard InChI is InChI=1S/C11H17NO3S/c1-6-8(3)11(16(13,14)15)9(4)7(2)10(6)12-5/h12H,1-5H3,(H,13,14,15). The summed E-state index contributed by atoms with van der Waals surface area (Å²) in [6.45, 7) is 7.07. The van der Waals surface area contributed by atoms with Crippen LogP contribution >= 0.6 is 0 Å². The summed E-state index contributed by atoms with van der Waals surface area (Å²) in [4.78, 5) is 0.0292. The zero-order chi connectivity index (χ0) is 12.7. The largest absolute Gasteiger partial charge is 0.388 e. The maximum Gasteiger partial charge on any atom is 0.295 e. The lowest BCUT2D eigenvalue weighted by molar-refractivity contribution is 0.481. The molecule has 0 atom stereocenters. The predicted octanol–water partition coefficient (Wildman–Crippen LogP) is 2.21. The van der Waals surface area contributed by atoms with Crippen LogP contribution in [0.15, 0.2) is 4.90 Å². The van der Waals surface area contributed by atoms with Crippen LogP contribution in [-0.2, 0) is 10.1 Å². The van der Waals surface area contributed by atoms with Crippen molar-refractivity contribution in [3.63, 3.8) is 0 Å². The first-order valence-electron chi connectivity index (χ1n) is 4.97. The zero-order valence-electron chi connectivity index (χ0n) is 10.2.